The first kappa shape index (κ1) is 26.7. The number of carboxylic acids is 1. The van der Waals surface area contributed by atoms with Gasteiger partial charge in [0.1, 0.15) is 15.5 Å². The monoisotopic (exact) mass is 563 g/mol. The molecule has 36 heavy (non-hydrogen) atoms. The van der Waals surface area contributed by atoms with Gasteiger partial charge in [-0.25, -0.2) is 4.79 Å². The average Bonchev–Trinajstić information content (AvgIpc) is 3.06. The van der Waals surface area contributed by atoms with Crippen molar-refractivity contribution in [3.8, 4) is 11.6 Å². The zero-order valence-corrected chi connectivity index (χ0v) is 19.6. The van der Waals surface area contributed by atoms with Crippen LogP contribution in [0.3, 0.4) is 0 Å². The molecule has 192 valence electrons. The number of nitrogens with zero attached hydrogens (tertiary/aromatic N) is 4. The van der Waals surface area contributed by atoms with Gasteiger partial charge in [-0.15, -0.1) is 10.2 Å². The van der Waals surface area contributed by atoms with Crippen molar-refractivity contribution >= 4 is 53.4 Å². The molecule has 3 rings (SSSR count). The molecule has 0 fully saturated rings. The fourth-order valence-electron chi connectivity index (χ4n) is 2.78. The van der Waals surface area contributed by atoms with Crippen LogP contribution in [0.2, 0.25) is 0 Å². The van der Waals surface area contributed by atoms with Crippen molar-refractivity contribution < 1.29 is 53.9 Å². The second-order valence-electron chi connectivity index (χ2n) is 6.72. The van der Waals surface area contributed by atoms with E-state index in [9.17, 15) is 53.9 Å². The standard InChI is InChI=1S/C16H13N5O12S3/c17-7-1-3-11(35(28,29)30)9(5-7)18-19-13-14(16(23)24)20-21(15(13)22)10-6-8(34(25,26)27)2-4-12(10)36(31,32)33/h1-6,22H,17H2,(H,23,24)(H,25,26,27)(H,28,29,30)(H,31,32,33)/b19-18-. The molecular formula is C16H13N5O12S3. The average molecular weight is 564 g/mol. The third kappa shape index (κ3) is 5.32. The van der Waals surface area contributed by atoms with Crippen molar-refractivity contribution in [1.29, 1.82) is 0 Å². The van der Waals surface area contributed by atoms with Crippen LogP contribution < -0.4 is 5.73 Å². The summed E-state index contributed by atoms with van der Waals surface area (Å²) in [6, 6.07) is 4.46. The van der Waals surface area contributed by atoms with Gasteiger partial charge >= 0.3 is 5.97 Å². The zero-order valence-electron chi connectivity index (χ0n) is 17.1. The van der Waals surface area contributed by atoms with Crippen LogP contribution in [0.4, 0.5) is 17.1 Å². The fourth-order valence-corrected chi connectivity index (χ4v) is 4.54. The highest BCUT2D eigenvalue weighted by Gasteiger charge is 2.29. The minimum absolute atomic E-state index is 0.0467. The molecule has 0 spiro atoms. The Bertz CT molecular complexity index is 1760. The van der Waals surface area contributed by atoms with Crippen LogP contribution in [0.5, 0.6) is 5.88 Å². The number of aromatic carboxylic acids is 1. The summed E-state index contributed by atoms with van der Waals surface area (Å²) < 4.78 is 97.8. The zero-order chi connectivity index (χ0) is 27.2. The molecule has 17 nitrogen and oxygen atoms in total. The molecule has 1 heterocycles. The van der Waals surface area contributed by atoms with Gasteiger partial charge in [0.25, 0.3) is 30.4 Å². The van der Waals surface area contributed by atoms with Crippen LogP contribution in [-0.2, 0) is 30.4 Å². The molecule has 0 aliphatic rings. The second-order valence-corrected chi connectivity index (χ2v) is 10.9. The summed E-state index contributed by atoms with van der Waals surface area (Å²) in [5.74, 6) is -3.12. The lowest BCUT2D eigenvalue weighted by Gasteiger charge is -2.09. The lowest BCUT2D eigenvalue weighted by molar-refractivity contribution is 0.0690. The molecule has 0 bridgehead atoms. The molecule has 0 aliphatic heterocycles. The molecular weight excluding hydrogens is 550 g/mol. The Morgan fingerprint density at radius 1 is 0.861 bits per heavy atom. The first-order chi connectivity index (χ1) is 16.4. The van der Waals surface area contributed by atoms with Crippen molar-refractivity contribution in [3.63, 3.8) is 0 Å². The summed E-state index contributed by atoms with van der Waals surface area (Å²) in [6.07, 6.45) is 0. The lowest BCUT2D eigenvalue weighted by atomic mass is 10.3. The molecule has 20 heteroatoms. The Hall–Kier alpha value is -3.95. The molecule has 0 radical (unpaired) electrons. The van der Waals surface area contributed by atoms with Gasteiger partial charge in [0.05, 0.1) is 10.6 Å². The Morgan fingerprint density at radius 3 is 1.97 bits per heavy atom. The molecule has 1 aromatic heterocycles. The van der Waals surface area contributed by atoms with Crippen LogP contribution in [0.25, 0.3) is 5.69 Å². The van der Waals surface area contributed by atoms with Crippen LogP contribution in [-0.4, -0.2) is 64.9 Å². The first-order valence-electron chi connectivity index (χ1n) is 8.84. The number of carboxylic acid groups (broad SMARTS) is 1. The van der Waals surface area contributed by atoms with E-state index in [-0.39, 0.29) is 10.4 Å². The Balaban J connectivity index is 2.32. The third-order valence-electron chi connectivity index (χ3n) is 4.29. The van der Waals surface area contributed by atoms with Gasteiger partial charge in [-0.1, -0.05) is 0 Å². The number of aromatic nitrogens is 2. The van der Waals surface area contributed by atoms with Crippen molar-refractivity contribution in [2.75, 3.05) is 5.73 Å². The number of anilines is 1. The maximum Gasteiger partial charge on any atom is 0.358 e. The molecule has 0 unspecified atom stereocenters. The number of hydrogen-bond acceptors (Lipinski definition) is 12. The molecule has 2 aromatic carbocycles. The number of aromatic hydroxyl groups is 1. The van der Waals surface area contributed by atoms with Gasteiger partial charge < -0.3 is 15.9 Å². The van der Waals surface area contributed by atoms with Crippen molar-refractivity contribution in [1.82, 2.24) is 9.78 Å². The van der Waals surface area contributed by atoms with Gasteiger partial charge in [-0.3, -0.25) is 13.7 Å². The summed E-state index contributed by atoms with van der Waals surface area (Å²) in [7, 11) is -14.9. The first-order valence-corrected chi connectivity index (χ1v) is 13.2. The van der Waals surface area contributed by atoms with E-state index in [4.69, 9.17) is 5.73 Å². The van der Waals surface area contributed by atoms with Gasteiger partial charge in [0.2, 0.25) is 11.6 Å². The fraction of sp³-hybridized carbons (Fsp3) is 0. The molecule has 0 amide bonds. The number of azo groups is 1. The smallest absolute Gasteiger partial charge is 0.358 e. The maximum atomic E-state index is 11.8. The topological polar surface area (TPSA) is 289 Å². The Kier molecular flexibility index (Phi) is 6.61. The highest BCUT2D eigenvalue weighted by Crippen LogP contribution is 2.37. The predicted octanol–water partition coefficient (Wildman–Crippen LogP) is 1.01. The number of hydrogen-bond donors (Lipinski definition) is 6. The quantitative estimate of drug-likeness (QED) is 0.133. The third-order valence-corrected chi connectivity index (χ3v) is 6.94. The summed E-state index contributed by atoms with van der Waals surface area (Å²) in [4.78, 5) is 8.90. The molecule has 0 saturated carbocycles. The second kappa shape index (κ2) is 8.92. The highest BCUT2D eigenvalue weighted by atomic mass is 32.2. The van der Waals surface area contributed by atoms with Crippen LogP contribution >= 0.6 is 0 Å². The molecule has 0 saturated heterocycles. The lowest BCUT2D eigenvalue weighted by Crippen LogP contribution is -2.10. The SMILES string of the molecule is Nc1ccc(S(=O)(=O)O)c(/N=N\c2c(C(=O)O)nn(-c3cc(S(=O)(=O)O)ccc3S(=O)(=O)O)c2O)c1. The van der Waals surface area contributed by atoms with Gasteiger partial charge in [-0.05, 0) is 36.4 Å². The summed E-state index contributed by atoms with van der Waals surface area (Å²) in [5.41, 5.74) is 1.92. The van der Waals surface area contributed by atoms with Crippen molar-refractivity contribution in [3.05, 3.63) is 42.1 Å². The van der Waals surface area contributed by atoms with E-state index < -0.39 is 79.6 Å². The molecule has 3 aromatic rings. The number of benzene rings is 2. The predicted molar refractivity (Wildman–Crippen MR) is 117 cm³/mol. The number of nitrogen functional groups attached to an aromatic ring is 1. The van der Waals surface area contributed by atoms with Gasteiger partial charge in [0.15, 0.2) is 5.69 Å². The normalized spacial score (nSPS) is 12.8. The van der Waals surface area contributed by atoms with E-state index in [1.54, 1.807) is 0 Å². The number of nitrogens with two attached hydrogens (primary N) is 1. The number of carbonyl (C=O) groups is 1. The summed E-state index contributed by atoms with van der Waals surface area (Å²) >= 11 is 0. The van der Waals surface area contributed by atoms with Crippen LogP contribution in [0.15, 0.2) is 61.3 Å². The maximum absolute atomic E-state index is 11.8. The minimum Gasteiger partial charge on any atom is -0.492 e. The van der Waals surface area contributed by atoms with E-state index in [1.807, 2.05) is 0 Å². The number of rotatable bonds is 7. The van der Waals surface area contributed by atoms with E-state index in [0.29, 0.717) is 18.2 Å². The van der Waals surface area contributed by atoms with Crippen molar-refractivity contribution in [2.45, 2.75) is 14.7 Å². The van der Waals surface area contributed by atoms with E-state index in [1.165, 1.54) is 0 Å². The highest BCUT2D eigenvalue weighted by molar-refractivity contribution is 7.86. The van der Waals surface area contributed by atoms with E-state index in [2.05, 4.69) is 15.3 Å². The summed E-state index contributed by atoms with van der Waals surface area (Å²) in [5, 5.41) is 30.3. The van der Waals surface area contributed by atoms with Crippen LogP contribution in [0, 0.1) is 0 Å². The Labute approximate surface area is 201 Å². The largest absolute Gasteiger partial charge is 0.492 e. The van der Waals surface area contributed by atoms with Gasteiger partial charge in [-0.2, -0.15) is 35.0 Å². The van der Waals surface area contributed by atoms with Gasteiger partial charge in [0, 0.05) is 5.69 Å². The minimum atomic E-state index is -5.12. The van der Waals surface area contributed by atoms with E-state index in [0.717, 1.165) is 18.2 Å². The van der Waals surface area contributed by atoms with E-state index >= 15 is 0 Å². The molecule has 7 N–H and O–H groups in total. The van der Waals surface area contributed by atoms with Crippen molar-refractivity contribution in [2.24, 2.45) is 10.2 Å². The molecule has 0 aliphatic carbocycles. The van der Waals surface area contributed by atoms with Crippen LogP contribution in [0.1, 0.15) is 10.5 Å². The Morgan fingerprint density at radius 2 is 1.44 bits per heavy atom. The summed E-state index contributed by atoms with van der Waals surface area (Å²) in [6.45, 7) is 0. The molecule has 0 atom stereocenters.